The first-order valence-electron chi connectivity index (χ1n) is 10.4. The fraction of sp³-hybridized carbons (Fsp3) is 0.435. The zero-order valence-electron chi connectivity index (χ0n) is 17.3. The smallest absolute Gasteiger partial charge is 0.309 e. The number of rotatable bonds is 8. The quantitative estimate of drug-likeness (QED) is 0.623. The highest BCUT2D eigenvalue weighted by molar-refractivity contribution is 5.94. The van der Waals surface area contributed by atoms with E-state index in [-0.39, 0.29) is 30.1 Å². The van der Waals surface area contributed by atoms with Gasteiger partial charge in [-0.3, -0.25) is 14.4 Å². The maximum Gasteiger partial charge on any atom is 0.309 e. The fourth-order valence-electron chi connectivity index (χ4n) is 3.64. The summed E-state index contributed by atoms with van der Waals surface area (Å²) in [5.41, 5.74) is 1.46. The Labute approximate surface area is 176 Å². The van der Waals surface area contributed by atoms with E-state index in [1.165, 1.54) is 12.5 Å². The molecule has 30 heavy (non-hydrogen) atoms. The lowest BCUT2D eigenvalue weighted by Crippen LogP contribution is -2.42. The van der Waals surface area contributed by atoms with Crippen molar-refractivity contribution in [2.24, 2.45) is 5.92 Å². The highest BCUT2D eigenvalue weighted by Gasteiger charge is 2.28. The van der Waals surface area contributed by atoms with Crippen molar-refractivity contribution in [2.45, 2.75) is 32.7 Å². The van der Waals surface area contributed by atoms with Gasteiger partial charge in [-0.05, 0) is 31.4 Å². The molecule has 7 nitrogen and oxygen atoms in total. The van der Waals surface area contributed by atoms with Crippen LogP contribution in [-0.2, 0) is 20.9 Å². The van der Waals surface area contributed by atoms with E-state index in [0.29, 0.717) is 51.2 Å². The first-order chi connectivity index (χ1) is 14.6. The molecule has 0 unspecified atom stereocenters. The van der Waals surface area contributed by atoms with Gasteiger partial charge in [0.2, 0.25) is 5.91 Å². The van der Waals surface area contributed by atoms with E-state index in [2.05, 4.69) is 0 Å². The van der Waals surface area contributed by atoms with Gasteiger partial charge in [0.25, 0.3) is 5.91 Å². The van der Waals surface area contributed by atoms with Gasteiger partial charge in [-0.1, -0.05) is 30.3 Å². The van der Waals surface area contributed by atoms with Gasteiger partial charge in [-0.25, -0.2) is 0 Å². The van der Waals surface area contributed by atoms with Crippen molar-refractivity contribution >= 4 is 17.8 Å². The summed E-state index contributed by atoms with van der Waals surface area (Å²) in [5, 5.41) is 0. The second-order valence-electron chi connectivity index (χ2n) is 7.38. The van der Waals surface area contributed by atoms with Crippen LogP contribution in [0.4, 0.5) is 0 Å². The van der Waals surface area contributed by atoms with Gasteiger partial charge >= 0.3 is 5.97 Å². The van der Waals surface area contributed by atoms with Crippen LogP contribution in [0.25, 0.3) is 0 Å². The third kappa shape index (κ3) is 5.72. The lowest BCUT2D eigenvalue weighted by molar-refractivity contribution is -0.151. The summed E-state index contributed by atoms with van der Waals surface area (Å²) in [5.74, 6) is -0.479. The Morgan fingerprint density at radius 2 is 1.87 bits per heavy atom. The third-order valence-corrected chi connectivity index (χ3v) is 5.33. The van der Waals surface area contributed by atoms with Crippen LogP contribution in [0.2, 0.25) is 0 Å². The molecule has 0 radical (unpaired) electrons. The van der Waals surface area contributed by atoms with E-state index in [1.54, 1.807) is 22.8 Å². The minimum absolute atomic E-state index is 0.00429. The van der Waals surface area contributed by atoms with Crippen LogP contribution < -0.4 is 0 Å². The lowest BCUT2D eigenvalue weighted by Gasteiger charge is -2.31. The predicted octanol–water partition coefficient (Wildman–Crippen LogP) is 3.11. The monoisotopic (exact) mass is 412 g/mol. The Kier molecular flexibility index (Phi) is 7.65. The van der Waals surface area contributed by atoms with E-state index >= 15 is 0 Å². The molecule has 2 amide bonds. The molecule has 1 aliphatic rings. The van der Waals surface area contributed by atoms with Crippen molar-refractivity contribution in [3.05, 3.63) is 60.1 Å². The van der Waals surface area contributed by atoms with E-state index in [9.17, 15) is 14.4 Å². The third-order valence-electron chi connectivity index (χ3n) is 5.33. The average molecular weight is 412 g/mol. The highest BCUT2D eigenvalue weighted by Crippen LogP contribution is 2.20. The first-order valence-corrected chi connectivity index (χ1v) is 10.4. The zero-order chi connectivity index (χ0) is 21.3. The number of nitrogens with zero attached hydrogens (tertiary/aromatic N) is 2. The molecule has 0 atom stereocenters. The number of furan rings is 1. The Bertz CT molecular complexity index is 827. The number of benzene rings is 1. The second-order valence-corrected chi connectivity index (χ2v) is 7.38. The highest BCUT2D eigenvalue weighted by atomic mass is 16.5. The molecule has 1 saturated heterocycles. The summed E-state index contributed by atoms with van der Waals surface area (Å²) >= 11 is 0. The van der Waals surface area contributed by atoms with Crippen LogP contribution in [0.3, 0.4) is 0 Å². The SMILES string of the molecule is CCOC(=O)C1CCN(C(=O)CCN(Cc2ccccc2)C(=O)c2ccoc2)CC1. The lowest BCUT2D eigenvalue weighted by atomic mass is 9.97. The Morgan fingerprint density at radius 3 is 2.50 bits per heavy atom. The Balaban J connectivity index is 1.56. The Morgan fingerprint density at radius 1 is 1.13 bits per heavy atom. The van der Waals surface area contributed by atoms with E-state index in [0.717, 1.165) is 5.56 Å². The number of ether oxygens (including phenoxy) is 1. The van der Waals surface area contributed by atoms with Gasteiger partial charge in [0.1, 0.15) is 6.26 Å². The van der Waals surface area contributed by atoms with Gasteiger partial charge in [0.15, 0.2) is 0 Å². The molecule has 1 aromatic carbocycles. The molecular formula is C23H28N2O5. The number of carbonyl (C=O) groups excluding carboxylic acids is 3. The van der Waals surface area contributed by atoms with Crippen LogP contribution in [0.5, 0.6) is 0 Å². The van der Waals surface area contributed by atoms with Crippen molar-refractivity contribution in [3.8, 4) is 0 Å². The second kappa shape index (κ2) is 10.6. The van der Waals surface area contributed by atoms with E-state index in [4.69, 9.17) is 9.15 Å². The molecule has 1 aliphatic heterocycles. The molecule has 0 spiro atoms. The molecule has 2 heterocycles. The van der Waals surface area contributed by atoms with Gasteiger partial charge in [-0.2, -0.15) is 0 Å². The molecule has 160 valence electrons. The summed E-state index contributed by atoms with van der Waals surface area (Å²) < 4.78 is 10.1. The van der Waals surface area contributed by atoms with Crippen molar-refractivity contribution in [3.63, 3.8) is 0 Å². The minimum atomic E-state index is -0.177. The summed E-state index contributed by atoms with van der Waals surface area (Å²) in [4.78, 5) is 40.9. The predicted molar refractivity (Wildman–Crippen MR) is 110 cm³/mol. The summed E-state index contributed by atoms with van der Waals surface area (Å²) in [6.07, 6.45) is 4.36. The van der Waals surface area contributed by atoms with Crippen LogP contribution in [0, 0.1) is 5.92 Å². The van der Waals surface area contributed by atoms with Crippen LogP contribution in [0.15, 0.2) is 53.3 Å². The van der Waals surface area contributed by atoms with Crippen LogP contribution in [-0.4, -0.2) is 53.8 Å². The first kappa shape index (κ1) is 21.6. The number of esters is 1. The maximum atomic E-state index is 12.9. The van der Waals surface area contributed by atoms with Gasteiger partial charge in [-0.15, -0.1) is 0 Å². The molecule has 0 N–H and O–H groups in total. The normalized spacial score (nSPS) is 14.4. The molecule has 0 bridgehead atoms. The number of hydrogen-bond acceptors (Lipinski definition) is 5. The van der Waals surface area contributed by atoms with Crippen LogP contribution >= 0.6 is 0 Å². The molecular weight excluding hydrogens is 384 g/mol. The van der Waals surface area contributed by atoms with Gasteiger partial charge in [0.05, 0.1) is 24.4 Å². The average Bonchev–Trinajstić information content (AvgIpc) is 3.32. The van der Waals surface area contributed by atoms with Crippen molar-refractivity contribution in [1.29, 1.82) is 0 Å². The maximum absolute atomic E-state index is 12.9. The number of likely N-dealkylation sites (tertiary alicyclic amines) is 1. The van der Waals surface area contributed by atoms with Gasteiger partial charge in [0, 0.05) is 32.6 Å². The molecule has 3 rings (SSSR count). The summed E-state index contributed by atoms with van der Waals surface area (Å²) in [6, 6.07) is 11.3. The fourth-order valence-corrected chi connectivity index (χ4v) is 3.64. The molecule has 0 saturated carbocycles. The summed E-state index contributed by atoms with van der Waals surface area (Å²) in [7, 11) is 0. The molecule has 7 heteroatoms. The number of carbonyl (C=O) groups is 3. The molecule has 1 fully saturated rings. The summed E-state index contributed by atoms with van der Waals surface area (Å²) in [6.45, 7) is 3.98. The number of piperidine rings is 1. The topological polar surface area (TPSA) is 80.1 Å². The van der Waals surface area contributed by atoms with Crippen molar-refractivity contribution in [2.75, 3.05) is 26.2 Å². The molecule has 1 aromatic heterocycles. The number of hydrogen-bond donors (Lipinski definition) is 0. The van der Waals surface area contributed by atoms with Crippen molar-refractivity contribution < 1.29 is 23.5 Å². The van der Waals surface area contributed by atoms with Crippen molar-refractivity contribution in [1.82, 2.24) is 9.80 Å². The minimum Gasteiger partial charge on any atom is -0.472 e. The largest absolute Gasteiger partial charge is 0.472 e. The number of amides is 2. The standard InChI is InChI=1S/C23H28N2O5/c1-2-30-23(28)19-8-12-24(13-9-19)21(26)10-14-25(16-18-6-4-3-5-7-18)22(27)20-11-15-29-17-20/h3-7,11,15,17,19H,2,8-10,12-14,16H2,1H3. The van der Waals surface area contributed by atoms with E-state index < -0.39 is 0 Å². The van der Waals surface area contributed by atoms with E-state index in [1.807, 2.05) is 30.3 Å². The van der Waals surface area contributed by atoms with Crippen LogP contribution in [0.1, 0.15) is 42.1 Å². The van der Waals surface area contributed by atoms with Gasteiger partial charge < -0.3 is 19.0 Å². The zero-order valence-corrected chi connectivity index (χ0v) is 17.3. The molecule has 2 aromatic rings. The Hall–Kier alpha value is -3.09. The molecule has 0 aliphatic carbocycles.